The molecular formula is C24H22N2O5. The summed E-state index contributed by atoms with van der Waals surface area (Å²) in [4.78, 5) is 0. The molecule has 31 heavy (non-hydrogen) atoms. The monoisotopic (exact) mass is 418 g/mol. The van der Waals surface area contributed by atoms with Crippen molar-refractivity contribution in [3.63, 3.8) is 0 Å². The van der Waals surface area contributed by atoms with Crippen LogP contribution < -0.4 is 14.2 Å². The van der Waals surface area contributed by atoms with Crippen LogP contribution in [0.4, 0.5) is 0 Å². The van der Waals surface area contributed by atoms with E-state index in [0.29, 0.717) is 29.2 Å². The zero-order valence-electron chi connectivity index (χ0n) is 17.1. The second kappa shape index (κ2) is 7.43. The molecule has 2 aliphatic rings. The summed E-state index contributed by atoms with van der Waals surface area (Å²) in [6.45, 7) is 0. The third kappa shape index (κ3) is 3.18. The summed E-state index contributed by atoms with van der Waals surface area (Å²) in [5.41, 5.74) is 3.18. The summed E-state index contributed by atoms with van der Waals surface area (Å²) in [6, 6.07) is 17.7. The van der Waals surface area contributed by atoms with Crippen molar-refractivity contribution >= 4 is 5.71 Å². The van der Waals surface area contributed by atoms with Gasteiger partial charge < -0.3 is 24.4 Å². The number of aromatic hydroxyl groups is 2. The first-order valence-electron chi connectivity index (χ1n) is 9.94. The van der Waals surface area contributed by atoms with Crippen LogP contribution in [0.5, 0.6) is 28.7 Å². The molecule has 3 aromatic rings. The maximum atomic E-state index is 10.5. The van der Waals surface area contributed by atoms with Gasteiger partial charge >= 0.3 is 0 Å². The van der Waals surface area contributed by atoms with Gasteiger partial charge in [-0.3, -0.25) is 0 Å². The van der Waals surface area contributed by atoms with Crippen molar-refractivity contribution in [2.75, 3.05) is 14.2 Å². The molecule has 7 heteroatoms. The lowest BCUT2D eigenvalue weighted by Crippen LogP contribution is -2.33. The summed E-state index contributed by atoms with van der Waals surface area (Å²) in [5, 5.41) is 27.0. The Labute approximate surface area is 179 Å². The maximum Gasteiger partial charge on any atom is 0.214 e. The molecule has 0 bridgehead atoms. The highest BCUT2D eigenvalue weighted by molar-refractivity contribution is 6.04. The van der Waals surface area contributed by atoms with Crippen molar-refractivity contribution < 1.29 is 24.4 Å². The van der Waals surface area contributed by atoms with Crippen molar-refractivity contribution in [1.82, 2.24) is 5.01 Å². The fourth-order valence-corrected chi connectivity index (χ4v) is 4.14. The van der Waals surface area contributed by atoms with Gasteiger partial charge in [0.15, 0.2) is 11.5 Å². The van der Waals surface area contributed by atoms with Crippen LogP contribution in [0.15, 0.2) is 65.8 Å². The standard InChI is InChI=1S/C24H22N2O5/c1-29-16-10-11-21(28)18(12-16)19-13-20-17-4-3-5-22(30-2)23(17)31-24(26(20)25-19)14-6-8-15(27)9-7-14/h3-12,20,24,27-28H,13H2,1-2H3/t20-,24-/m0/s1. The van der Waals surface area contributed by atoms with Crippen LogP contribution >= 0.6 is 0 Å². The van der Waals surface area contributed by atoms with Crippen molar-refractivity contribution in [2.45, 2.75) is 18.7 Å². The van der Waals surface area contributed by atoms with Gasteiger partial charge in [0.25, 0.3) is 0 Å². The molecule has 0 spiro atoms. The highest BCUT2D eigenvalue weighted by Gasteiger charge is 2.42. The second-order valence-electron chi connectivity index (χ2n) is 7.47. The molecule has 7 nitrogen and oxygen atoms in total. The minimum Gasteiger partial charge on any atom is -0.508 e. The summed E-state index contributed by atoms with van der Waals surface area (Å²) < 4.78 is 17.3. The van der Waals surface area contributed by atoms with E-state index in [0.717, 1.165) is 16.8 Å². The molecule has 0 aliphatic carbocycles. The molecule has 2 atom stereocenters. The van der Waals surface area contributed by atoms with Crippen LogP contribution in [-0.4, -0.2) is 35.2 Å². The molecule has 5 rings (SSSR count). The normalized spacial score (nSPS) is 19.2. The van der Waals surface area contributed by atoms with Gasteiger partial charge in [-0.1, -0.05) is 12.1 Å². The van der Waals surface area contributed by atoms with E-state index < -0.39 is 6.23 Å². The van der Waals surface area contributed by atoms with Crippen molar-refractivity contribution in [3.05, 3.63) is 77.4 Å². The Morgan fingerprint density at radius 3 is 2.55 bits per heavy atom. The largest absolute Gasteiger partial charge is 0.508 e. The van der Waals surface area contributed by atoms with E-state index in [4.69, 9.17) is 19.3 Å². The summed E-state index contributed by atoms with van der Waals surface area (Å²) in [5.74, 6) is 2.30. The topological polar surface area (TPSA) is 83.8 Å². The molecular weight excluding hydrogens is 396 g/mol. The molecule has 0 aromatic heterocycles. The van der Waals surface area contributed by atoms with Crippen molar-refractivity contribution in [2.24, 2.45) is 5.10 Å². The number of nitrogens with zero attached hydrogens (tertiary/aromatic N) is 2. The molecule has 2 aliphatic heterocycles. The minimum absolute atomic E-state index is 0.0988. The Morgan fingerprint density at radius 2 is 1.81 bits per heavy atom. The van der Waals surface area contributed by atoms with Crippen LogP contribution in [0.2, 0.25) is 0 Å². The molecule has 0 saturated carbocycles. The number of hydrogen-bond donors (Lipinski definition) is 2. The first-order valence-corrected chi connectivity index (χ1v) is 9.94. The van der Waals surface area contributed by atoms with Crippen LogP contribution in [0.3, 0.4) is 0 Å². The fraction of sp³-hybridized carbons (Fsp3) is 0.208. The molecule has 0 radical (unpaired) electrons. The van der Waals surface area contributed by atoms with Gasteiger partial charge in [-0.15, -0.1) is 0 Å². The fourth-order valence-electron chi connectivity index (χ4n) is 4.14. The maximum absolute atomic E-state index is 10.5. The number of hydrazone groups is 1. The second-order valence-corrected chi connectivity index (χ2v) is 7.47. The van der Waals surface area contributed by atoms with Crippen LogP contribution in [-0.2, 0) is 0 Å². The minimum atomic E-state index is -0.514. The lowest BCUT2D eigenvalue weighted by atomic mass is 9.95. The van der Waals surface area contributed by atoms with Gasteiger partial charge in [-0.05, 0) is 48.5 Å². The first-order chi connectivity index (χ1) is 15.1. The number of rotatable bonds is 4. The summed E-state index contributed by atoms with van der Waals surface area (Å²) in [7, 11) is 3.21. The molecule has 0 fully saturated rings. The Hall–Kier alpha value is -3.87. The lowest BCUT2D eigenvalue weighted by Gasteiger charge is -2.38. The zero-order chi connectivity index (χ0) is 21.5. The molecule has 0 unspecified atom stereocenters. The van der Waals surface area contributed by atoms with Gasteiger partial charge in [-0.2, -0.15) is 5.10 Å². The van der Waals surface area contributed by atoms with Crippen LogP contribution in [0.25, 0.3) is 0 Å². The van der Waals surface area contributed by atoms with E-state index in [-0.39, 0.29) is 17.5 Å². The predicted octanol–water partition coefficient (Wildman–Crippen LogP) is 4.36. The SMILES string of the molecule is COc1ccc(O)c(C2=NN3[C@@H](C2)c2cccc(OC)c2O[C@H]3c2ccc(O)cc2)c1. The highest BCUT2D eigenvalue weighted by Crippen LogP contribution is 2.51. The molecule has 2 heterocycles. The zero-order valence-corrected chi connectivity index (χ0v) is 17.1. The molecule has 0 saturated heterocycles. The summed E-state index contributed by atoms with van der Waals surface area (Å²) in [6.07, 6.45) is 0.0680. The first kappa shape index (κ1) is 19.1. The van der Waals surface area contributed by atoms with Crippen LogP contribution in [0, 0.1) is 0 Å². The predicted molar refractivity (Wildman–Crippen MR) is 115 cm³/mol. The number of methoxy groups -OCH3 is 2. The number of ether oxygens (including phenoxy) is 3. The highest BCUT2D eigenvalue weighted by atomic mass is 16.5. The van der Waals surface area contributed by atoms with Gasteiger partial charge in [0.1, 0.15) is 17.2 Å². The van der Waals surface area contributed by atoms with Crippen LogP contribution in [0.1, 0.15) is 35.4 Å². The number of phenolic OH excluding ortho intramolecular Hbond substituents is 2. The average molecular weight is 418 g/mol. The Bertz CT molecular complexity index is 1160. The van der Waals surface area contributed by atoms with E-state index in [1.807, 2.05) is 35.3 Å². The Kier molecular flexibility index (Phi) is 4.58. The third-order valence-electron chi connectivity index (χ3n) is 5.69. The van der Waals surface area contributed by atoms with E-state index in [1.54, 1.807) is 44.6 Å². The number of para-hydroxylation sites is 1. The lowest BCUT2D eigenvalue weighted by molar-refractivity contribution is -0.0209. The summed E-state index contributed by atoms with van der Waals surface area (Å²) >= 11 is 0. The van der Waals surface area contributed by atoms with E-state index in [2.05, 4.69) is 0 Å². The van der Waals surface area contributed by atoms with Gasteiger partial charge in [0, 0.05) is 23.1 Å². The average Bonchev–Trinajstić information content (AvgIpc) is 3.24. The van der Waals surface area contributed by atoms with E-state index in [9.17, 15) is 10.2 Å². The van der Waals surface area contributed by atoms with Gasteiger partial charge in [0.2, 0.25) is 6.23 Å². The van der Waals surface area contributed by atoms with Crippen molar-refractivity contribution in [3.8, 4) is 28.7 Å². The number of hydrogen-bond acceptors (Lipinski definition) is 7. The van der Waals surface area contributed by atoms with E-state index in [1.165, 1.54) is 0 Å². The van der Waals surface area contributed by atoms with Gasteiger partial charge in [-0.25, -0.2) is 5.01 Å². The quantitative estimate of drug-likeness (QED) is 0.655. The molecule has 158 valence electrons. The van der Waals surface area contributed by atoms with Crippen molar-refractivity contribution in [1.29, 1.82) is 0 Å². The smallest absolute Gasteiger partial charge is 0.214 e. The Morgan fingerprint density at radius 1 is 1.00 bits per heavy atom. The molecule has 2 N–H and O–H groups in total. The molecule has 0 amide bonds. The number of phenols is 2. The molecule has 3 aromatic carbocycles. The number of benzene rings is 3. The number of fused-ring (bicyclic) bond motifs is 3. The Balaban J connectivity index is 1.63. The van der Waals surface area contributed by atoms with E-state index >= 15 is 0 Å². The van der Waals surface area contributed by atoms with Gasteiger partial charge in [0.05, 0.1) is 26.0 Å². The third-order valence-corrected chi connectivity index (χ3v) is 5.69.